The van der Waals surface area contributed by atoms with Crippen LogP contribution in [0, 0.1) is 0 Å². The highest BCUT2D eigenvalue weighted by atomic mass is 16.6. The molecule has 8 nitrogen and oxygen atoms in total. The summed E-state index contributed by atoms with van der Waals surface area (Å²) in [4.78, 5) is 35.8. The molecule has 0 aromatic heterocycles. The molecule has 1 amide bonds. The van der Waals surface area contributed by atoms with Gasteiger partial charge in [-0.25, -0.2) is 9.59 Å². The molecule has 0 aliphatic heterocycles. The minimum Gasteiger partial charge on any atom is -0.497 e. The van der Waals surface area contributed by atoms with Gasteiger partial charge in [-0.2, -0.15) is 0 Å². The summed E-state index contributed by atoms with van der Waals surface area (Å²) in [5.41, 5.74) is 0.639. The molecule has 8 heteroatoms. The summed E-state index contributed by atoms with van der Waals surface area (Å²) in [6.07, 6.45) is 2.67. The van der Waals surface area contributed by atoms with Gasteiger partial charge in [-0.15, -0.1) is 0 Å². The summed E-state index contributed by atoms with van der Waals surface area (Å²) < 4.78 is 19.9. The Morgan fingerprint density at radius 3 is 1.88 bits per heavy atom. The molecule has 0 saturated heterocycles. The van der Waals surface area contributed by atoms with Crippen molar-refractivity contribution in [2.24, 2.45) is 0 Å². The molecule has 0 heterocycles. The summed E-state index contributed by atoms with van der Waals surface area (Å²) in [6.45, 7) is 3.34. The average molecular weight is 365 g/mol. The first-order valence-corrected chi connectivity index (χ1v) is 8.00. The first-order chi connectivity index (χ1) is 12.4. The van der Waals surface area contributed by atoms with Gasteiger partial charge in [0.15, 0.2) is 0 Å². The Morgan fingerprint density at radius 2 is 1.46 bits per heavy atom. The van der Waals surface area contributed by atoms with E-state index in [4.69, 9.17) is 18.9 Å². The van der Waals surface area contributed by atoms with Crippen molar-refractivity contribution < 1.29 is 33.3 Å². The topological polar surface area (TPSA) is 100 Å². The molecule has 0 bridgehead atoms. The predicted octanol–water partition coefficient (Wildman–Crippen LogP) is 1.33. The molecule has 0 aliphatic rings. The van der Waals surface area contributed by atoms with Crippen LogP contribution < -0.4 is 14.8 Å². The fourth-order valence-electron chi connectivity index (χ4n) is 1.95. The first-order valence-electron chi connectivity index (χ1n) is 8.00. The monoisotopic (exact) mass is 365 g/mol. The summed E-state index contributed by atoms with van der Waals surface area (Å²) in [5.74, 6) is -1.30. The number of esters is 2. The molecule has 142 valence electrons. The van der Waals surface area contributed by atoms with Gasteiger partial charge in [-0.05, 0) is 37.6 Å². The van der Waals surface area contributed by atoms with E-state index in [1.807, 2.05) is 0 Å². The Morgan fingerprint density at radius 1 is 0.962 bits per heavy atom. The lowest BCUT2D eigenvalue weighted by molar-refractivity contribution is -0.159. The van der Waals surface area contributed by atoms with Gasteiger partial charge in [-0.1, -0.05) is 0 Å². The first kappa shape index (κ1) is 21.0. The Kier molecular flexibility index (Phi) is 8.69. The molecule has 1 rings (SSSR count). The summed E-state index contributed by atoms with van der Waals surface area (Å²) in [6, 6.07) is 3.56. The van der Waals surface area contributed by atoms with E-state index in [-0.39, 0.29) is 13.2 Å². The maximum atomic E-state index is 12.1. The molecule has 0 atom stereocenters. The second-order valence-electron chi connectivity index (χ2n) is 4.93. The summed E-state index contributed by atoms with van der Waals surface area (Å²) >= 11 is 0. The van der Waals surface area contributed by atoms with E-state index < -0.39 is 23.9 Å². The molecule has 26 heavy (non-hydrogen) atoms. The molecular formula is C18H23NO7. The smallest absolute Gasteiger partial charge is 0.340 e. The van der Waals surface area contributed by atoms with Gasteiger partial charge in [0, 0.05) is 12.1 Å². The fourth-order valence-corrected chi connectivity index (χ4v) is 1.95. The Labute approximate surface area is 152 Å². The van der Waals surface area contributed by atoms with Crippen molar-refractivity contribution in [2.45, 2.75) is 19.9 Å². The van der Waals surface area contributed by atoms with Crippen molar-refractivity contribution in [3.63, 3.8) is 0 Å². The number of hydrogen-bond acceptors (Lipinski definition) is 7. The number of benzene rings is 1. The van der Waals surface area contributed by atoms with Crippen LogP contribution in [0.3, 0.4) is 0 Å². The maximum absolute atomic E-state index is 12.1. The van der Waals surface area contributed by atoms with E-state index in [0.717, 1.165) is 0 Å². The van der Waals surface area contributed by atoms with Gasteiger partial charge in [0.1, 0.15) is 11.5 Å². The van der Waals surface area contributed by atoms with E-state index in [1.54, 1.807) is 32.0 Å². The minimum absolute atomic E-state index is 0.0735. The van der Waals surface area contributed by atoms with Gasteiger partial charge in [0.25, 0.3) is 0 Å². The van der Waals surface area contributed by atoms with E-state index >= 15 is 0 Å². The third-order valence-electron chi connectivity index (χ3n) is 3.13. The summed E-state index contributed by atoms with van der Waals surface area (Å²) in [5, 5.41) is 2.28. The van der Waals surface area contributed by atoms with Crippen molar-refractivity contribution in [3.8, 4) is 11.5 Å². The number of hydrogen-bond donors (Lipinski definition) is 1. The molecular weight excluding hydrogens is 342 g/mol. The minimum atomic E-state index is -1.52. The SMILES string of the molecule is CCOC(=O)C(NC(=O)/C=C/c1cc(OC)cc(OC)c1)C(=O)OCC. The molecule has 0 radical (unpaired) electrons. The van der Waals surface area contributed by atoms with Crippen molar-refractivity contribution >= 4 is 23.9 Å². The number of carbonyl (C=O) groups is 3. The molecule has 1 aromatic rings. The van der Waals surface area contributed by atoms with Gasteiger partial charge in [-0.3, -0.25) is 4.79 Å². The Bertz CT molecular complexity index is 629. The fraction of sp³-hybridized carbons (Fsp3) is 0.389. The van der Waals surface area contributed by atoms with Gasteiger partial charge in [0.05, 0.1) is 27.4 Å². The maximum Gasteiger partial charge on any atom is 0.340 e. The summed E-state index contributed by atoms with van der Waals surface area (Å²) in [7, 11) is 3.02. The van der Waals surface area contributed by atoms with Crippen LogP contribution in [0.25, 0.3) is 6.08 Å². The van der Waals surface area contributed by atoms with Crippen LogP contribution >= 0.6 is 0 Å². The molecule has 0 aliphatic carbocycles. The normalized spacial score (nSPS) is 10.5. The lowest BCUT2D eigenvalue weighted by Crippen LogP contribution is -2.47. The Balaban J connectivity index is 2.88. The molecule has 1 aromatic carbocycles. The van der Waals surface area contributed by atoms with Crippen LogP contribution in [0.5, 0.6) is 11.5 Å². The van der Waals surface area contributed by atoms with E-state index in [0.29, 0.717) is 17.1 Å². The number of carbonyl (C=O) groups excluding carboxylic acids is 3. The van der Waals surface area contributed by atoms with Gasteiger partial charge in [0.2, 0.25) is 11.9 Å². The van der Waals surface area contributed by atoms with Crippen LogP contribution in [0.15, 0.2) is 24.3 Å². The number of nitrogens with one attached hydrogen (secondary N) is 1. The highest BCUT2D eigenvalue weighted by molar-refractivity contribution is 6.04. The lowest BCUT2D eigenvalue weighted by Gasteiger charge is -2.14. The largest absolute Gasteiger partial charge is 0.497 e. The average Bonchev–Trinajstić information content (AvgIpc) is 2.64. The Hall–Kier alpha value is -3.03. The lowest BCUT2D eigenvalue weighted by atomic mass is 10.2. The quantitative estimate of drug-likeness (QED) is 0.400. The van der Waals surface area contributed by atoms with Crippen LogP contribution in [-0.2, 0) is 23.9 Å². The van der Waals surface area contributed by atoms with Crippen LogP contribution in [0.1, 0.15) is 19.4 Å². The zero-order valence-corrected chi connectivity index (χ0v) is 15.2. The van der Waals surface area contributed by atoms with Crippen molar-refractivity contribution in [3.05, 3.63) is 29.8 Å². The second kappa shape index (κ2) is 10.8. The van der Waals surface area contributed by atoms with E-state index in [2.05, 4.69) is 5.32 Å². The highest BCUT2D eigenvalue weighted by Gasteiger charge is 2.30. The van der Waals surface area contributed by atoms with Crippen LogP contribution in [0.4, 0.5) is 0 Å². The number of amides is 1. The van der Waals surface area contributed by atoms with Crippen molar-refractivity contribution in [1.82, 2.24) is 5.32 Å². The number of rotatable bonds is 9. The molecule has 0 unspecified atom stereocenters. The van der Waals surface area contributed by atoms with Crippen LogP contribution in [0.2, 0.25) is 0 Å². The predicted molar refractivity (Wildman–Crippen MR) is 93.8 cm³/mol. The standard InChI is InChI=1S/C18H23NO7/c1-5-25-17(21)16(18(22)26-6-2)19-15(20)8-7-12-9-13(23-3)11-14(10-12)24-4/h7-11,16H,5-6H2,1-4H3,(H,19,20)/b8-7+. The van der Waals surface area contributed by atoms with Crippen molar-refractivity contribution in [1.29, 1.82) is 0 Å². The second-order valence-corrected chi connectivity index (χ2v) is 4.93. The molecule has 0 saturated carbocycles. The third-order valence-corrected chi connectivity index (χ3v) is 3.13. The number of methoxy groups -OCH3 is 2. The molecule has 0 fully saturated rings. The zero-order valence-electron chi connectivity index (χ0n) is 15.2. The molecule has 1 N–H and O–H groups in total. The third kappa shape index (κ3) is 6.46. The number of ether oxygens (including phenoxy) is 4. The van der Waals surface area contributed by atoms with Gasteiger partial charge < -0.3 is 24.3 Å². The van der Waals surface area contributed by atoms with Crippen LogP contribution in [-0.4, -0.2) is 51.3 Å². The van der Waals surface area contributed by atoms with E-state index in [9.17, 15) is 14.4 Å². The highest BCUT2D eigenvalue weighted by Crippen LogP contribution is 2.23. The van der Waals surface area contributed by atoms with E-state index in [1.165, 1.54) is 26.4 Å². The molecule has 0 spiro atoms. The zero-order chi connectivity index (χ0) is 19.5. The van der Waals surface area contributed by atoms with Gasteiger partial charge >= 0.3 is 11.9 Å². The van der Waals surface area contributed by atoms with Crippen molar-refractivity contribution in [2.75, 3.05) is 27.4 Å².